The number of hydrogen-bond acceptors (Lipinski definition) is 6. The SMILES string of the molecule is CC\C=C/C=C\C=C/C=C\C=C/CCCCCC(=O)OCC(COC(=O)CCCC/C=C\C/C=C\CC)OC(=O)CCCCC/C=C\CCCCCCCC. The van der Waals surface area contributed by atoms with Crippen LogP contribution in [-0.4, -0.2) is 37.2 Å². The molecule has 1 unspecified atom stereocenters. The van der Waals surface area contributed by atoms with E-state index in [0.717, 1.165) is 96.3 Å². The van der Waals surface area contributed by atoms with Crippen LogP contribution >= 0.6 is 0 Å². The summed E-state index contributed by atoms with van der Waals surface area (Å²) >= 11 is 0. The first-order valence-corrected chi connectivity index (χ1v) is 21.8. The van der Waals surface area contributed by atoms with Crippen LogP contribution in [-0.2, 0) is 28.6 Å². The maximum absolute atomic E-state index is 12.7. The smallest absolute Gasteiger partial charge is 0.306 e. The zero-order valence-corrected chi connectivity index (χ0v) is 35.1. The second kappa shape index (κ2) is 43.1. The number of allylic oxidation sites excluding steroid dienone is 16. The van der Waals surface area contributed by atoms with Crippen LogP contribution in [0.3, 0.4) is 0 Å². The summed E-state index contributed by atoms with van der Waals surface area (Å²) in [6.45, 7) is 6.24. The topological polar surface area (TPSA) is 78.9 Å². The number of carbonyl (C=O) groups excluding carboxylic acids is 3. The number of hydrogen-bond donors (Lipinski definition) is 0. The zero-order chi connectivity index (χ0) is 40.1. The Bertz CT molecular complexity index is 1150. The Hall–Kier alpha value is -3.67. The highest BCUT2D eigenvalue weighted by Gasteiger charge is 2.19. The van der Waals surface area contributed by atoms with E-state index in [4.69, 9.17) is 14.2 Å². The molecule has 0 rings (SSSR count). The van der Waals surface area contributed by atoms with E-state index in [1.165, 1.54) is 38.5 Å². The van der Waals surface area contributed by atoms with Crippen molar-refractivity contribution in [3.05, 3.63) is 97.2 Å². The van der Waals surface area contributed by atoms with E-state index in [0.29, 0.717) is 12.8 Å². The predicted molar refractivity (Wildman–Crippen MR) is 233 cm³/mol. The van der Waals surface area contributed by atoms with Gasteiger partial charge in [-0.1, -0.05) is 163 Å². The maximum atomic E-state index is 12.7. The second-order valence-corrected chi connectivity index (χ2v) is 14.0. The van der Waals surface area contributed by atoms with E-state index in [2.05, 4.69) is 69.4 Å². The Morgan fingerprint density at radius 3 is 1.36 bits per heavy atom. The van der Waals surface area contributed by atoms with E-state index in [1.807, 2.05) is 48.6 Å². The highest BCUT2D eigenvalue weighted by Crippen LogP contribution is 2.11. The summed E-state index contributed by atoms with van der Waals surface area (Å²) in [5, 5.41) is 0. The molecule has 0 heterocycles. The summed E-state index contributed by atoms with van der Waals surface area (Å²) in [6.07, 6.45) is 55.4. The summed E-state index contributed by atoms with van der Waals surface area (Å²) in [7, 11) is 0. The third kappa shape index (κ3) is 41.3. The molecule has 0 aromatic rings. The minimum Gasteiger partial charge on any atom is -0.462 e. The largest absolute Gasteiger partial charge is 0.462 e. The lowest BCUT2D eigenvalue weighted by atomic mass is 10.1. The van der Waals surface area contributed by atoms with Gasteiger partial charge in [0.25, 0.3) is 0 Å². The Morgan fingerprint density at radius 1 is 0.400 bits per heavy atom. The second-order valence-electron chi connectivity index (χ2n) is 14.0. The fourth-order valence-corrected chi connectivity index (χ4v) is 5.43. The van der Waals surface area contributed by atoms with Crippen molar-refractivity contribution < 1.29 is 28.6 Å². The van der Waals surface area contributed by atoms with Gasteiger partial charge in [-0.3, -0.25) is 14.4 Å². The molecule has 0 radical (unpaired) electrons. The molecule has 6 heteroatoms. The lowest BCUT2D eigenvalue weighted by Gasteiger charge is -2.18. The minimum atomic E-state index is -0.814. The molecule has 0 N–H and O–H groups in total. The molecule has 55 heavy (non-hydrogen) atoms. The molecule has 0 aliphatic heterocycles. The van der Waals surface area contributed by atoms with E-state index in [-0.39, 0.29) is 37.5 Å². The molecule has 0 saturated carbocycles. The molecule has 0 aliphatic rings. The van der Waals surface area contributed by atoms with Gasteiger partial charge < -0.3 is 14.2 Å². The van der Waals surface area contributed by atoms with Gasteiger partial charge in [0.15, 0.2) is 6.10 Å². The van der Waals surface area contributed by atoms with Crippen LogP contribution in [0.2, 0.25) is 0 Å². The zero-order valence-electron chi connectivity index (χ0n) is 35.1. The van der Waals surface area contributed by atoms with Gasteiger partial charge in [0, 0.05) is 19.3 Å². The molecule has 0 aromatic carbocycles. The van der Waals surface area contributed by atoms with Crippen molar-refractivity contribution in [3.8, 4) is 0 Å². The lowest BCUT2D eigenvalue weighted by Crippen LogP contribution is -2.30. The van der Waals surface area contributed by atoms with E-state index < -0.39 is 6.10 Å². The van der Waals surface area contributed by atoms with Gasteiger partial charge in [-0.15, -0.1) is 0 Å². The average molecular weight is 763 g/mol. The van der Waals surface area contributed by atoms with Crippen molar-refractivity contribution in [1.82, 2.24) is 0 Å². The summed E-state index contributed by atoms with van der Waals surface area (Å²) in [6, 6.07) is 0. The first-order chi connectivity index (χ1) is 27.0. The maximum Gasteiger partial charge on any atom is 0.306 e. The van der Waals surface area contributed by atoms with Gasteiger partial charge >= 0.3 is 17.9 Å². The van der Waals surface area contributed by atoms with Crippen molar-refractivity contribution in [1.29, 1.82) is 0 Å². The number of esters is 3. The molecule has 0 aromatic heterocycles. The summed E-state index contributed by atoms with van der Waals surface area (Å²) in [5.74, 6) is -1.02. The molecule has 6 nitrogen and oxygen atoms in total. The normalized spacial score (nSPS) is 13.0. The van der Waals surface area contributed by atoms with Crippen LogP contribution in [0.1, 0.15) is 175 Å². The van der Waals surface area contributed by atoms with Crippen molar-refractivity contribution in [3.63, 3.8) is 0 Å². The Balaban J connectivity index is 4.52. The first-order valence-electron chi connectivity index (χ1n) is 21.8. The highest BCUT2D eigenvalue weighted by molar-refractivity contribution is 5.71. The van der Waals surface area contributed by atoms with Gasteiger partial charge in [-0.05, 0) is 89.9 Å². The Kier molecular flexibility index (Phi) is 40.2. The molecule has 0 spiro atoms. The van der Waals surface area contributed by atoms with Gasteiger partial charge in [0.1, 0.15) is 13.2 Å². The molecule has 0 fully saturated rings. The monoisotopic (exact) mass is 763 g/mol. The first kappa shape index (κ1) is 51.3. The van der Waals surface area contributed by atoms with Crippen molar-refractivity contribution in [2.75, 3.05) is 13.2 Å². The summed E-state index contributed by atoms with van der Waals surface area (Å²) in [5.41, 5.74) is 0. The molecule has 1 atom stereocenters. The lowest BCUT2D eigenvalue weighted by molar-refractivity contribution is -0.167. The van der Waals surface area contributed by atoms with E-state index in [1.54, 1.807) is 0 Å². The van der Waals surface area contributed by atoms with E-state index >= 15 is 0 Å². The number of ether oxygens (including phenoxy) is 3. The molecule has 0 aliphatic carbocycles. The molecule has 0 amide bonds. The molecular formula is C49H78O6. The van der Waals surface area contributed by atoms with Crippen molar-refractivity contribution >= 4 is 17.9 Å². The van der Waals surface area contributed by atoms with Gasteiger partial charge in [0.2, 0.25) is 0 Å². The van der Waals surface area contributed by atoms with Crippen LogP contribution in [0.25, 0.3) is 0 Å². The predicted octanol–water partition coefficient (Wildman–Crippen LogP) is 13.9. The fraction of sp³-hybridized carbons (Fsp3) is 0.612. The molecule has 310 valence electrons. The standard InChI is InChI=1S/C49H78O6/c1-4-7-10-13-16-19-21-23-24-26-27-30-33-36-39-42-48(51)54-45-46(44-53-47(50)41-38-35-32-29-18-15-12-9-6-3)55-49(52)43-40-37-34-31-28-25-22-20-17-14-11-8-5-2/h7,9-10,12-13,16,18-19,21,23-29,46H,4-6,8,11,14-15,17,20,22,30-45H2,1-3H3/b10-7-,12-9-,16-13-,21-19-,24-23-,27-26-,28-25-,29-18-. The summed E-state index contributed by atoms with van der Waals surface area (Å²) < 4.78 is 16.6. The number of unbranched alkanes of at least 4 members (excludes halogenated alkanes) is 14. The van der Waals surface area contributed by atoms with Gasteiger partial charge in [-0.25, -0.2) is 0 Å². The summed E-state index contributed by atoms with van der Waals surface area (Å²) in [4.78, 5) is 37.6. The van der Waals surface area contributed by atoms with Gasteiger partial charge in [0.05, 0.1) is 0 Å². The van der Waals surface area contributed by atoms with Gasteiger partial charge in [-0.2, -0.15) is 0 Å². The highest BCUT2D eigenvalue weighted by atomic mass is 16.6. The Labute approximate surface area is 337 Å². The minimum absolute atomic E-state index is 0.117. The third-order valence-corrected chi connectivity index (χ3v) is 8.68. The van der Waals surface area contributed by atoms with E-state index in [9.17, 15) is 14.4 Å². The van der Waals surface area contributed by atoms with Crippen LogP contribution in [0.4, 0.5) is 0 Å². The number of carbonyl (C=O) groups is 3. The number of rotatable bonds is 37. The van der Waals surface area contributed by atoms with Crippen LogP contribution in [0.15, 0.2) is 97.2 Å². The van der Waals surface area contributed by atoms with Crippen LogP contribution < -0.4 is 0 Å². The van der Waals surface area contributed by atoms with Crippen molar-refractivity contribution in [2.24, 2.45) is 0 Å². The van der Waals surface area contributed by atoms with Crippen molar-refractivity contribution in [2.45, 2.75) is 181 Å². The van der Waals surface area contributed by atoms with Crippen LogP contribution in [0, 0.1) is 0 Å². The van der Waals surface area contributed by atoms with Crippen LogP contribution in [0.5, 0.6) is 0 Å². The average Bonchev–Trinajstić information content (AvgIpc) is 3.18. The quantitative estimate of drug-likeness (QED) is 0.0206. The Morgan fingerprint density at radius 2 is 0.800 bits per heavy atom. The molecular weight excluding hydrogens is 685 g/mol. The fourth-order valence-electron chi connectivity index (χ4n) is 5.43. The molecule has 0 saturated heterocycles. The molecule has 0 bridgehead atoms. The third-order valence-electron chi connectivity index (χ3n) is 8.68.